The van der Waals surface area contributed by atoms with Gasteiger partial charge in [0.25, 0.3) is 5.78 Å². The van der Waals surface area contributed by atoms with Crippen LogP contribution in [0.25, 0.3) is 17.2 Å². The SMILES string of the molecule is CCc1nnc2nc(-c3ccc(Cl)cc3)[nH]n12. The van der Waals surface area contributed by atoms with Crippen LogP contribution in [0.3, 0.4) is 0 Å². The van der Waals surface area contributed by atoms with Crippen LogP contribution in [0, 0.1) is 0 Å². The summed E-state index contributed by atoms with van der Waals surface area (Å²) in [5, 5.41) is 11.9. The van der Waals surface area contributed by atoms with E-state index in [1.807, 2.05) is 31.2 Å². The Labute approximate surface area is 102 Å². The first kappa shape index (κ1) is 10.3. The van der Waals surface area contributed by atoms with Crippen LogP contribution < -0.4 is 0 Å². The number of nitrogens with zero attached hydrogens (tertiary/aromatic N) is 4. The molecule has 0 spiro atoms. The zero-order valence-corrected chi connectivity index (χ0v) is 9.94. The van der Waals surface area contributed by atoms with E-state index < -0.39 is 0 Å². The maximum Gasteiger partial charge on any atom is 0.272 e. The van der Waals surface area contributed by atoms with Gasteiger partial charge in [0.05, 0.1) is 0 Å². The monoisotopic (exact) mass is 247 g/mol. The van der Waals surface area contributed by atoms with Crippen molar-refractivity contribution in [2.45, 2.75) is 13.3 Å². The fraction of sp³-hybridized carbons (Fsp3) is 0.182. The van der Waals surface area contributed by atoms with Crippen LogP contribution in [0.2, 0.25) is 5.02 Å². The lowest BCUT2D eigenvalue weighted by atomic mass is 10.2. The number of rotatable bonds is 2. The Hall–Kier alpha value is -1.88. The summed E-state index contributed by atoms with van der Waals surface area (Å²) in [5.74, 6) is 2.22. The summed E-state index contributed by atoms with van der Waals surface area (Å²) in [6, 6.07) is 7.50. The highest BCUT2D eigenvalue weighted by Gasteiger charge is 2.10. The number of nitrogens with one attached hydrogen (secondary N) is 1. The molecule has 6 heteroatoms. The molecule has 0 saturated carbocycles. The number of aryl methyl sites for hydroxylation is 1. The number of halogens is 1. The number of benzene rings is 1. The second kappa shape index (κ2) is 3.85. The summed E-state index contributed by atoms with van der Waals surface area (Å²) >= 11 is 5.85. The number of H-pyrrole nitrogens is 1. The van der Waals surface area contributed by atoms with E-state index in [-0.39, 0.29) is 0 Å². The van der Waals surface area contributed by atoms with Gasteiger partial charge in [-0.1, -0.05) is 18.5 Å². The molecular formula is C11H10ClN5. The molecule has 2 aromatic heterocycles. The number of fused-ring (bicyclic) bond motifs is 1. The van der Waals surface area contributed by atoms with E-state index in [1.165, 1.54) is 0 Å². The Morgan fingerprint density at radius 3 is 2.71 bits per heavy atom. The van der Waals surface area contributed by atoms with Gasteiger partial charge in [0.15, 0.2) is 11.6 Å². The van der Waals surface area contributed by atoms with Gasteiger partial charge in [0.2, 0.25) is 0 Å². The summed E-state index contributed by atoms with van der Waals surface area (Å²) in [4.78, 5) is 4.37. The first-order valence-corrected chi connectivity index (χ1v) is 5.71. The quantitative estimate of drug-likeness (QED) is 0.756. The molecule has 0 fully saturated rings. The molecule has 3 aromatic rings. The lowest BCUT2D eigenvalue weighted by Gasteiger charge is -1.96. The molecule has 17 heavy (non-hydrogen) atoms. The van der Waals surface area contributed by atoms with E-state index in [0.717, 1.165) is 23.6 Å². The minimum Gasteiger partial charge on any atom is -0.272 e. The standard InChI is InChI=1S/C11H10ClN5/c1-2-9-14-15-11-13-10(16-17(9)11)7-3-5-8(12)6-4-7/h3-6H,2H2,1H3,(H,13,15,16). The van der Waals surface area contributed by atoms with Gasteiger partial charge in [-0.2, -0.15) is 4.98 Å². The van der Waals surface area contributed by atoms with E-state index in [1.54, 1.807) is 4.52 Å². The molecule has 0 saturated heterocycles. The molecular weight excluding hydrogens is 238 g/mol. The van der Waals surface area contributed by atoms with Crippen molar-refractivity contribution in [1.29, 1.82) is 0 Å². The molecule has 0 unspecified atom stereocenters. The summed E-state index contributed by atoms with van der Waals surface area (Å²) in [5.41, 5.74) is 0.974. The minimum absolute atomic E-state index is 0.590. The molecule has 0 aliphatic carbocycles. The van der Waals surface area contributed by atoms with Gasteiger partial charge in [-0.3, -0.25) is 5.10 Å². The lowest BCUT2D eigenvalue weighted by molar-refractivity contribution is 0.837. The molecule has 0 aliphatic rings. The number of aromatic amines is 1. The van der Waals surface area contributed by atoms with Gasteiger partial charge in [-0.25, -0.2) is 4.52 Å². The van der Waals surface area contributed by atoms with Crippen molar-refractivity contribution in [2.75, 3.05) is 0 Å². The summed E-state index contributed by atoms with van der Waals surface area (Å²) in [6.07, 6.45) is 0.809. The molecule has 2 heterocycles. The predicted molar refractivity (Wildman–Crippen MR) is 65.0 cm³/mol. The zero-order valence-electron chi connectivity index (χ0n) is 9.18. The second-order valence-electron chi connectivity index (χ2n) is 3.68. The van der Waals surface area contributed by atoms with E-state index in [0.29, 0.717) is 10.8 Å². The highest BCUT2D eigenvalue weighted by molar-refractivity contribution is 6.30. The van der Waals surface area contributed by atoms with Crippen LogP contribution in [0.1, 0.15) is 12.7 Å². The van der Waals surface area contributed by atoms with Crippen molar-refractivity contribution < 1.29 is 0 Å². The third-order valence-electron chi connectivity index (χ3n) is 2.58. The van der Waals surface area contributed by atoms with Crippen molar-refractivity contribution in [2.24, 2.45) is 0 Å². The van der Waals surface area contributed by atoms with Crippen molar-refractivity contribution in [3.8, 4) is 11.4 Å². The van der Waals surface area contributed by atoms with Crippen LogP contribution in [-0.2, 0) is 6.42 Å². The Morgan fingerprint density at radius 1 is 1.24 bits per heavy atom. The van der Waals surface area contributed by atoms with Gasteiger partial charge in [-0.05, 0) is 24.3 Å². The van der Waals surface area contributed by atoms with E-state index in [4.69, 9.17) is 11.6 Å². The maximum atomic E-state index is 5.85. The van der Waals surface area contributed by atoms with Crippen LogP contribution in [0.5, 0.6) is 0 Å². The zero-order chi connectivity index (χ0) is 11.8. The third kappa shape index (κ3) is 1.68. The molecule has 0 aliphatic heterocycles. The second-order valence-corrected chi connectivity index (χ2v) is 4.12. The lowest BCUT2D eigenvalue weighted by Crippen LogP contribution is -1.93. The van der Waals surface area contributed by atoms with E-state index in [9.17, 15) is 0 Å². The number of hydrogen-bond acceptors (Lipinski definition) is 3. The van der Waals surface area contributed by atoms with Gasteiger partial charge < -0.3 is 0 Å². The summed E-state index contributed by atoms with van der Waals surface area (Å²) in [6.45, 7) is 2.03. The van der Waals surface area contributed by atoms with Crippen molar-refractivity contribution in [3.05, 3.63) is 35.1 Å². The Bertz CT molecular complexity index is 652. The summed E-state index contributed by atoms with van der Waals surface area (Å²) < 4.78 is 1.80. The third-order valence-corrected chi connectivity index (χ3v) is 2.83. The van der Waals surface area contributed by atoms with E-state index >= 15 is 0 Å². The fourth-order valence-electron chi connectivity index (χ4n) is 1.69. The first-order valence-electron chi connectivity index (χ1n) is 5.34. The molecule has 5 nitrogen and oxygen atoms in total. The van der Waals surface area contributed by atoms with Gasteiger partial charge in [-0.15, -0.1) is 10.2 Å². The fourth-order valence-corrected chi connectivity index (χ4v) is 1.82. The minimum atomic E-state index is 0.590. The van der Waals surface area contributed by atoms with Crippen LogP contribution in [-0.4, -0.2) is 24.8 Å². The Morgan fingerprint density at radius 2 is 2.00 bits per heavy atom. The summed E-state index contributed by atoms with van der Waals surface area (Å²) in [7, 11) is 0. The smallest absolute Gasteiger partial charge is 0.272 e. The van der Waals surface area contributed by atoms with Gasteiger partial charge in [0.1, 0.15) is 0 Å². The normalized spacial score (nSPS) is 11.2. The number of aromatic nitrogens is 5. The van der Waals surface area contributed by atoms with Gasteiger partial charge >= 0.3 is 0 Å². The molecule has 0 atom stereocenters. The number of hydrogen-bond donors (Lipinski definition) is 1. The maximum absolute atomic E-state index is 5.85. The highest BCUT2D eigenvalue weighted by atomic mass is 35.5. The van der Waals surface area contributed by atoms with E-state index in [2.05, 4.69) is 20.3 Å². The van der Waals surface area contributed by atoms with Crippen molar-refractivity contribution in [3.63, 3.8) is 0 Å². The molecule has 86 valence electrons. The molecule has 3 rings (SSSR count). The van der Waals surface area contributed by atoms with Crippen molar-refractivity contribution in [1.82, 2.24) is 24.8 Å². The van der Waals surface area contributed by atoms with Gasteiger partial charge in [0, 0.05) is 17.0 Å². The highest BCUT2D eigenvalue weighted by Crippen LogP contribution is 2.18. The molecule has 0 bridgehead atoms. The van der Waals surface area contributed by atoms with Crippen molar-refractivity contribution >= 4 is 17.4 Å². The van der Waals surface area contributed by atoms with Crippen LogP contribution in [0.15, 0.2) is 24.3 Å². The average Bonchev–Trinajstić information content (AvgIpc) is 2.89. The largest absolute Gasteiger partial charge is 0.272 e. The topological polar surface area (TPSA) is 58.9 Å². The molecule has 1 aromatic carbocycles. The Kier molecular flexibility index (Phi) is 2.33. The van der Waals surface area contributed by atoms with Crippen LogP contribution >= 0.6 is 11.6 Å². The Balaban J connectivity index is 2.11. The average molecular weight is 248 g/mol. The van der Waals surface area contributed by atoms with Crippen LogP contribution in [0.4, 0.5) is 0 Å². The molecule has 0 radical (unpaired) electrons. The molecule has 0 amide bonds. The molecule has 1 N–H and O–H groups in total. The predicted octanol–water partition coefficient (Wildman–Crippen LogP) is 2.34. The first-order chi connectivity index (χ1) is 8.28.